The molecule has 0 aromatic carbocycles. The number of hydrogen-bond acceptors (Lipinski definition) is 4. The lowest BCUT2D eigenvalue weighted by Gasteiger charge is -2.46. The molecule has 3 unspecified atom stereocenters. The maximum atomic E-state index is 13.0. The lowest BCUT2D eigenvalue weighted by molar-refractivity contribution is -0.133. The second-order valence-corrected chi connectivity index (χ2v) is 7.63. The average molecular weight is 309 g/mol. The summed E-state index contributed by atoms with van der Waals surface area (Å²) in [6.07, 6.45) is 7.62. The number of nitrogens with one attached hydrogen (secondary N) is 2. The zero-order valence-corrected chi connectivity index (χ0v) is 13.8. The van der Waals surface area contributed by atoms with Gasteiger partial charge < -0.3 is 21.1 Å². The van der Waals surface area contributed by atoms with Crippen LogP contribution in [0.1, 0.15) is 44.9 Å². The number of rotatable bonds is 5. The van der Waals surface area contributed by atoms with Gasteiger partial charge in [0.2, 0.25) is 5.91 Å². The van der Waals surface area contributed by atoms with E-state index in [4.69, 9.17) is 10.5 Å². The van der Waals surface area contributed by atoms with Crippen LogP contribution in [0.25, 0.3) is 0 Å². The molecule has 0 aromatic heterocycles. The van der Waals surface area contributed by atoms with Gasteiger partial charge in [0.05, 0.1) is 5.41 Å². The van der Waals surface area contributed by atoms with Crippen molar-refractivity contribution in [2.75, 3.05) is 26.8 Å². The number of methoxy groups -OCH3 is 1. The molecule has 1 aliphatic heterocycles. The molecule has 2 bridgehead atoms. The minimum atomic E-state index is -0.274. The molecule has 0 radical (unpaired) electrons. The Bertz CT molecular complexity index is 381. The summed E-state index contributed by atoms with van der Waals surface area (Å²) in [7, 11) is 1.71. The Morgan fingerprint density at radius 2 is 2.09 bits per heavy atom. The first-order chi connectivity index (χ1) is 10.6. The van der Waals surface area contributed by atoms with Gasteiger partial charge in [-0.1, -0.05) is 6.42 Å². The smallest absolute Gasteiger partial charge is 0.227 e. The Morgan fingerprint density at radius 1 is 1.36 bits per heavy atom. The van der Waals surface area contributed by atoms with Crippen molar-refractivity contribution >= 4 is 5.91 Å². The number of hydrogen-bond donors (Lipinski definition) is 3. The van der Waals surface area contributed by atoms with Crippen molar-refractivity contribution in [3.63, 3.8) is 0 Å². The molecule has 2 aliphatic carbocycles. The molecular weight excluding hydrogens is 278 g/mol. The fourth-order valence-corrected chi connectivity index (χ4v) is 4.89. The monoisotopic (exact) mass is 309 g/mol. The highest BCUT2D eigenvalue weighted by atomic mass is 16.5. The summed E-state index contributed by atoms with van der Waals surface area (Å²) in [4.78, 5) is 13.0. The Labute approximate surface area is 133 Å². The summed E-state index contributed by atoms with van der Waals surface area (Å²) in [5.74, 6) is 1.41. The third-order valence-corrected chi connectivity index (χ3v) is 6.18. The van der Waals surface area contributed by atoms with Gasteiger partial charge in [-0.15, -0.1) is 0 Å². The maximum Gasteiger partial charge on any atom is 0.227 e. The molecule has 0 aromatic rings. The fourth-order valence-electron chi connectivity index (χ4n) is 4.89. The van der Waals surface area contributed by atoms with Crippen LogP contribution in [0.2, 0.25) is 0 Å². The normalized spacial score (nSPS) is 41.4. The van der Waals surface area contributed by atoms with E-state index in [1.807, 2.05) is 0 Å². The van der Waals surface area contributed by atoms with Crippen LogP contribution in [0.3, 0.4) is 0 Å². The van der Waals surface area contributed by atoms with E-state index in [0.29, 0.717) is 30.5 Å². The topological polar surface area (TPSA) is 76.4 Å². The van der Waals surface area contributed by atoms with Gasteiger partial charge in [0.25, 0.3) is 0 Å². The van der Waals surface area contributed by atoms with Crippen molar-refractivity contribution in [2.45, 2.75) is 57.0 Å². The van der Waals surface area contributed by atoms with E-state index in [0.717, 1.165) is 38.8 Å². The number of fused-ring (bicyclic) bond motifs is 2. The summed E-state index contributed by atoms with van der Waals surface area (Å²) < 4.78 is 5.23. The number of ether oxygens (including phenoxy) is 1. The van der Waals surface area contributed by atoms with E-state index in [2.05, 4.69) is 10.6 Å². The number of amides is 1. The Balaban J connectivity index is 1.67. The lowest BCUT2D eigenvalue weighted by Crippen LogP contribution is -2.57. The van der Waals surface area contributed by atoms with Gasteiger partial charge in [-0.05, 0) is 56.9 Å². The van der Waals surface area contributed by atoms with Crippen molar-refractivity contribution in [3.8, 4) is 0 Å². The highest BCUT2D eigenvalue weighted by Gasteiger charge is 2.45. The molecule has 0 spiro atoms. The van der Waals surface area contributed by atoms with Crippen molar-refractivity contribution in [1.82, 2.24) is 10.6 Å². The van der Waals surface area contributed by atoms with Gasteiger partial charge in [-0.25, -0.2) is 0 Å². The third kappa shape index (κ3) is 3.17. The van der Waals surface area contributed by atoms with Crippen LogP contribution in [0, 0.1) is 17.3 Å². The second kappa shape index (κ2) is 6.85. The van der Waals surface area contributed by atoms with E-state index in [9.17, 15) is 4.79 Å². The zero-order valence-electron chi connectivity index (χ0n) is 13.8. The van der Waals surface area contributed by atoms with E-state index in [-0.39, 0.29) is 11.3 Å². The molecule has 5 heteroatoms. The zero-order chi connectivity index (χ0) is 15.6. The van der Waals surface area contributed by atoms with Gasteiger partial charge in [0, 0.05) is 32.3 Å². The second-order valence-electron chi connectivity index (χ2n) is 7.63. The predicted octanol–water partition coefficient (Wildman–Crippen LogP) is 1.02. The first-order valence-corrected chi connectivity index (χ1v) is 8.91. The van der Waals surface area contributed by atoms with E-state index in [1.165, 1.54) is 19.3 Å². The van der Waals surface area contributed by atoms with Crippen molar-refractivity contribution < 1.29 is 9.53 Å². The first-order valence-electron chi connectivity index (χ1n) is 8.91. The van der Waals surface area contributed by atoms with Gasteiger partial charge in [0.15, 0.2) is 0 Å². The maximum absolute atomic E-state index is 13.0. The average Bonchev–Trinajstić information content (AvgIpc) is 2.96. The van der Waals surface area contributed by atoms with Crippen LogP contribution in [-0.2, 0) is 9.53 Å². The molecular formula is C17H31N3O2. The lowest BCUT2D eigenvalue weighted by atomic mass is 9.66. The Morgan fingerprint density at radius 3 is 2.68 bits per heavy atom. The summed E-state index contributed by atoms with van der Waals surface area (Å²) in [6, 6.07) is 0.681. The number of carbonyl (C=O) groups excluding carboxylic acids is 1. The minimum Gasteiger partial charge on any atom is -0.385 e. The van der Waals surface area contributed by atoms with E-state index in [1.54, 1.807) is 7.11 Å². The minimum absolute atomic E-state index is 0.243. The molecule has 3 rings (SSSR count). The van der Waals surface area contributed by atoms with Gasteiger partial charge in [-0.3, -0.25) is 4.79 Å². The van der Waals surface area contributed by atoms with Crippen LogP contribution in [-0.4, -0.2) is 44.8 Å². The molecule has 2 saturated carbocycles. The highest BCUT2D eigenvalue weighted by molar-refractivity contribution is 5.83. The van der Waals surface area contributed by atoms with Crippen LogP contribution >= 0.6 is 0 Å². The molecule has 4 N–H and O–H groups in total. The third-order valence-electron chi connectivity index (χ3n) is 6.18. The molecule has 1 saturated heterocycles. The van der Waals surface area contributed by atoms with Crippen LogP contribution in [0.4, 0.5) is 0 Å². The molecule has 1 amide bonds. The molecule has 126 valence electrons. The van der Waals surface area contributed by atoms with E-state index < -0.39 is 0 Å². The highest BCUT2D eigenvalue weighted by Crippen LogP contribution is 2.40. The Kier molecular flexibility index (Phi) is 5.05. The summed E-state index contributed by atoms with van der Waals surface area (Å²) in [5, 5.41) is 6.80. The molecule has 1 heterocycles. The molecule has 5 nitrogen and oxygen atoms in total. The van der Waals surface area contributed by atoms with Crippen molar-refractivity contribution in [2.24, 2.45) is 23.0 Å². The molecule has 3 fully saturated rings. The predicted molar refractivity (Wildman–Crippen MR) is 86.4 cm³/mol. The van der Waals surface area contributed by atoms with Crippen LogP contribution < -0.4 is 16.4 Å². The SMILES string of the molecule is COCCC1(C(=O)NC2C3CCCC2CC(N)C3)CCNC1. The molecule has 3 aliphatic rings. The molecule has 3 atom stereocenters. The van der Waals surface area contributed by atoms with Gasteiger partial charge >= 0.3 is 0 Å². The summed E-state index contributed by atoms with van der Waals surface area (Å²) in [6.45, 7) is 2.36. The fraction of sp³-hybridized carbons (Fsp3) is 0.941. The van der Waals surface area contributed by atoms with Gasteiger partial charge in [-0.2, -0.15) is 0 Å². The number of nitrogens with two attached hydrogens (primary N) is 1. The summed E-state index contributed by atoms with van der Waals surface area (Å²) in [5.41, 5.74) is 5.92. The standard InChI is InChI=1S/C17H31N3O2/c1-22-8-6-17(5-7-19-11-17)16(21)20-15-12-3-2-4-13(15)10-14(18)9-12/h12-15,19H,2-11,18H2,1H3,(H,20,21). The van der Waals surface area contributed by atoms with Crippen LogP contribution in [0.15, 0.2) is 0 Å². The van der Waals surface area contributed by atoms with E-state index >= 15 is 0 Å². The summed E-state index contributed by atoms with van der Waals surface area (Å²) >= 11 is 0. The van der Waals surface area contributed by atoms with Gasteiger partial charge in [0.1, 0.15) is 0 Å². The molecule has 22 heavy (non-hydrogen) atoms. The van der Waals surface area contributed by atoms with Crippen molar-refractivity contribution in [3.05, 3.63) is 0 Å². The Hall–Kier alpha value is -0.650. The van der Waals surface area contributed by atoms with Crippen molar-refractivity contribution in [1.29, 1.82) is 0 Å². The first kappa shape index (κ1) is 16.2. The quantitative estimate of drug-likeness (QED) is 0.709. The number of carbonyl (C=O) groups is 1. The van der Waals surface area contributed by atoms with Crippen LogP contribution in [0.5, 0.6) is 0 Å². The largest absolute Gasteiger partial charge is 0.385 e.